The van der Waals surface area contributed by atoms with E-state index in [1.54, 1.807) is 14.2 Å². The molecular formula is C16H35O7P. The molecule has 0 spiro atoms. The second kappa shape index (κ2) is 13.0. The number of methoxy groups -OCH3 is 2. The zero-order chi connectivity index (χ0) is 18.3. The van der Waals surface area contributed by atoms with Crippen LogP contribution in [0.3, 0.4) is 0 Å². The molecule has 0 heterocycles. The average Bonchev–Trinajstić information content (AvgIpc) is 2.49. The van der Waals surface area contributed by atoms with Crippen molar-refractivity contribution >= 4 is 12.8 Å². The molecule has 0 fully saturated rings. The van der Waals surface area contributed by atoms with Gasteiger partial charge in [0.2, 0.25) is 0 Å². The fraction of sp³-hybridized carbons (Fsp3) is 0.938. The normalized spacial score (nSPS) is 13.5. The summed E-state index contributed by atoms with van der Waals surface area (Å²) in [5.41, 5.74) is 0. The Labute approximate surface area is 146 Å². The van der Waals surface area contributed by atoms with Crippen molar-refractivity contribution in [2.24, 2.45) is 0 Å². The Bertz CT molecular complexity index is 328. The Hall–Kier alpha value is -0.300. The van der Waals surface area contributed by atoms with Crippen LogP contribution < -0.4 is 0 Å². The molecule has 0 saturated heterocycles. The Kier molecular flexibility index (Phi) is 12.8. The van der Waals surface area contributed by atoms with Gasteiger partial charge in [-0.2, -0.15) is 0 Å². The zero-order valence-electron chi connectivity index (χ0n) is 15.9. The minimum atomic E-state index is -2.43. The van der Waals surface area contributed by atoms with Crippen molar-refractivity contribution in [3.05, 3.63) is 0 Å². The Morgan fingerprint density at radius 3 is 1.67 bits per heavy atom. The maximum atomic E-state index is 11.9. The van der Waals surface area contributed by atoms with E-state index in [-0.39, 0.29) is 12.4 Å². The first kappa shape index (κ1) is 23.7. The topological polar surface area (TPSA) is 72.5 Å². The van der Waals surface area contributed by atoms with Crippen LogP contribution in [0.15, 0.2) is 0 Å². The second-order valence-corrected chi connectivity index (χ2v) is 13.3. The number of carbonyl (C=O) groups is 1. The van der Waals surface area contributed by atoms with E-state index in [4.69, 9.17) is 28.2 Å². The van der Waals surface area contributed by atoms with E-state index >= 15 is 0 Å². The van der Waals surface area contributed by atoms with Crippen LogP contribution in [0.4, 0.5) is 0 Å². The van der Waals surface area contributed by atoms with E-state index in [1.165, 1.54) is 0 Å². The van der Waals surface area contributed by atoms with Crippen molar-refractivity contribution < 1.29 is 33.0 Å². The monoisotopic (exact) mass is 370 g/mol. The van der Waals surface area contributed by atoms with Crippen molar-refractivity contribution in [2.45, 2.75) is 6.42 Å². The molecule has 0 unspecified atom stereocenters. The third-order valence-electron chi connectivity index (χ3n) is 3.12. The summed E-state index contributed by atoms with van der Waals surface area (Å²) in [6.45, 7) is 7.69. The fourth-order valence-electron chi connectivity index (χ4n) is 1.71. The molecule has 7 nitrogen and oxygen atoms in total. The molecule has 0 aromatic carbocycles. The van der Waals surface area contributed by atoms with Crippen molar-refractivity contribution in [3.63, 3.8) is 0 Å². The number of ether oxygens (including phenoxy) is 5. The van der Waals surface area contributed by atoms with Crippen LogP contribution in [0.2, 0.25) is 0 Å². The zero-order valence-corrected chi connectivity index (χ0v) is 16.8. The van der Waals surface area contributed by atoms with Gasteiger partial charge in [-0.05, 0) is 0 Å². The molecule has 146 valence electrons. The van der Waals surface area contributed by atoms with Gasteiger partial charge in [-0.25, -0.2) is 0 Å². The average molecular weight is 370 g/mol. The first-order valence-corrected chi connectivity index (χ1v) is 11.9. The van der Waals surface area contributed by atoms with Crippen LogP contribution in [-0.4, -0.2) is 99.2 Å². The van der Waals surface area contributed by atoms with Crippen molar-refractivity contribution in [1.29, 1.82) is 0 Å². The Balaban J connectivity index is 3.55. The summed E-state index contributed by atoms with van der Waals surface area (Å²) in [4.78, 5) is 11.9. The van der Waals surface area contributed by atoms with Gasteiger partial charge < -0.3 is 4.74 Å². The number of hydrogen-bond acceptors (Lipinski definition) is 7. The van der Waals surface area contributed by atoms with Gasteiger partial charge in [-0.1, -0.05) is 0 Å². The maximum absolute atomic E-state index is 11.9. The number of carbonyl (C=O) groups excluding carboxylic acids is 1. The molecule has 0 aromatic rings. The van der Waals surface area contributed by atoms with Gasteiger partial charge in [0.25, 0.3) is 0 Å². The summed E-state index contributed by atoms with van der Waals surface area (Å²) in [5.74, 6) is -0.219. The molecule has 0 atom stereocenters. The van der Waals surface area contributed by atoms with Gasteiger partial charge in [0.05, 0.1) is 6.61 Å². The molecule has 0 aliphatic heterocycles. The molecule has 0 aromatic heterocycles. The predicted octanol–water partition coefficient (Wildman–Crippen LogP) is 1.62. The first-order chi connectivity index (χ1) is 11.3. The van der Waals surface area contributed by atoms with Crippen LogP contribution in [0.1, 0.15) is 6.42 Å². The van der Waals surface area contributed by atoms with Gasteiger partial charge in [-0.3, -0.25) is 0 Å². The summed E-state index contributed by atoms with van der Waals surface area (Å²) in [6.07, 6.45) is 1.01. The van der Waals surface area contributed by atoms with E-state index in [9.17, 15) is 4.79 Å². The molecule has 24 heavy (non-hydrogen) atoms. The molecule has 0 radical (unpaired) electrons. The van der Waals surface area contributed by atoms with Gasteiger partial charge in [0.15, 0.2) is 0 Å². The van der Waals surface area contributed by atoms with Crippen LogP contribution >= 0.6 is 6.83 Å². The van der Waals surface area contributed by atoms with E-state index in [0.29, 0.717) is 52.9 Å². The van der Waals surface area contributed by atoms with Crippen molar-refractivity contribution in [1.82, 2.24) is 0 Å². The van der Waals surface area contributed by atoms with E-state index < -0.39 is 6.83 Å². The molecule has 0 aliphatic carbocycles. The van der Waals surface area contributed by atoms with Crippen LogP contribution in [0.25, 0.3) is 0 Å². The quantitative estimate of drug-likeness (QED) is 0.302. The fourth-order valence-corrected chi connectivity index (χ4v) is 3.45. The third kappa shape index (κ3) is 15.2. The van der Waals surface area contributed by atoms with E-state index in [1.807, 2.05) is 20.0 Å². The summed E-state index contributed by atoms with van der Waals surface area (Å²) in [6, 6.07) is 0. The second-order valence-electron chi connectivity index (χ2n) is 6.73. The Morgan fingerprint density at radius 2 is 1.17 bits per heavy atom. The van der Waals surface area contributed by atoms with Gasteiger partial charge in [-0.15, -0.1) is 0 Å². The summed E-state index contributed by atoms with van der Waals surface area (Å²) >= 11 is 0. The molecule has 0 amide bonds. The van der Waals surface area contributed by atoms with Crippen LogP contribution in [0.5, 0.6) is 0 Å². The summed E-state index contributed by atoms with van der Waals surface area (Å²) in [5, 5.41) is 0. The van der Waals surface area contributed by atoms with Gasteiger partial charge in [0.1, 0.15) is 0 Å². The van der Waals surface area contributed by atoms with Gasteiger partial charge in [0, 0.05) is 7.11 Å². The van der Waals surface area contributed by atoms with E-state index in [2.05, 4.69) is 0 Å². The van der Waals surface area contributed by atoms with Crippen molar-refractivity contribution in [3.8, 4) is 0 Å². The van der Waals surface area contributed by atoms with Gasteiger partial charge >= 0.3 is 127 Å². The standard InChI is InChI=1S/C16H35O7P/c1-18-8-9-21-12-13-22-11-10-20-7-6-16(17)23-24(3,4,5)15-14-19-2/h6-15H2,1-5H3. The molecule has 0 aliphatic rings. The number of hydrogen-bond donors (Lipinski definition) is 0. The van der Waals surface area contributed by atoms with Crippen LogP contribution in [0, 0.1) is 0 Å². The van der Waals surface area contributed by atoms with E-state index in [0.717, 1.165) is 6.16 Å². The molecular weight excluding hydrogens is 335 g/mol. The van der Waals surface area contributed by atoms with Crippen molar-refractivity contribution in [2.75, 3.05) is 93.2 Å². The molecule has 0 rings (SSSR count). The summed E-state index contributed by atoms with van der Waals surface area (Å²) < 4.78 is 31.6. The third-order valence-corrected chi connectivity index (χ3v) is 5.71. The predicted molar refractivity (Wildman–Crippen MR) is 96.5 cm³/mol. The number of rotatable bonds is 16. The molecule has 8 heteroatoms. The summed E-state index contributed by atoms with van der Waals surface area (Å²) in [7, 11) is 3.28. The Morgan fingerprint density at radius 1 is 0.708 bits per heavy atom. The molecule has 0 bridgehead atoms. The van der Waals surface area contributed by atoms with Crippen LogP contribution in [-0.2, 0) is 33.0 Å². The molecule has 0 N–H and O–H groups in total. The molecule has 0 saturated carbocycles. The first-order valence-electron chi connectivity index (χ1n) is 8.23. The minimum absolute atomic E-state index is 0.219. The SMILES string of the molecule is COCCOCCOCCOCCC(=O)OP(C)(C)(C)CCOC.